The van der Waals surface area contributed by atoms with Gasteiger partial charge in [-0.25, -0.2) is 0 Å². The van der Waals surface area contributed by atoms with E-state index in [0.717, 1.165) is 0 Å². The molecule has 0 aliphatic carbocycles. The maximum Gasteiger partial charge on any atom is 0.306 e. The standard InChI is InChI=1S/C7H9ClN4O2S/c1-14-4(13)2-3-15-7-11-5(8)10-6(9)12-7/h2-3H2,1H3,(H2,9,10,11,12). The summed E-state index contributed by atoms with van der Waals surface area (Å²) >= 11 is 6.84. The lowest BCUT2D eigenvalue weighted by atomic mass is 10.5. The van der Waals surface area contributed by atoms with Gasteiger partial charge in [-0.1, -0.05) is 11.8 Å². The van der Waals surface area contributed by atoms with Crippen LogP contribution in [0, 0.1) is 0 Å². The third kappa shape index (κ3) is 4.30. The Bertz CT molecular complexity index is 343. The van der Waals surface area contributed by atoms with Gasteiger partial charge in [-0.3, -0.25) is 4.79 Å². The Morgan fingerprint density at radius 1 is 1.53 bits per heavy atom. The van der Waals surface area contributed by atoms with E-state index in [1.165, 1.54) is 18.9 Å². The number of anilines is 1. The summed E-state index contributed by atoms with van der Waals surface area (Å²) < 4.78 is 4.48. The van der Waals surface area contributed by atoms with Crippen LogP contribution >= 0.6 is 23.4 Å². The molecular weight excluding hydrogens is 240 g/mol. The number of nitrogens with zero attached hydrogens (tertiary/aromatic N) is 3. The molecule has 1 aromatic heterocycles. The van der Waals surface area contributed by atoms with Crippen molar-refractivity contribution in [2.75, 3.05) is 18.6 Å². The van der Waals surface area contributed by atoms with Gasteiger partial charge in [-0.05, 0) is 11.6 Å². The number of hydrogen-bond acceptors (Lipinski definition) is 7. The summed E-state index contributed by atoms with van der Waals surface area (Å²) in [7, 11) is 1.34. The molecule has 0 saturated carbocycles. The number of hydrogen-bond donors (Lipinski definition) is 1. The second-order valence-corrected chi connectivity index (χ2v) is 3.82. The summed E-state index contributed by atoms with van der Waals surface area (Å²) in [6.45, 7) is 0. The van der Waals surface area contributed by atoms with Crippen LogP contribution in [-0.2, 0) is 9.53 Å². The number of thioether (sulfide) groups is 1. The fraction of sp³-hybridized carbons (Fsp3) is 0.429. The van der Waals surface area contributed by atoms with Crippen molar-refractivity contribution in [3.05, 3.63) is 5.28 Å². The Morgan fingerprint density at radius 2 is 2.27 bits per heavy atom. The van der Waals surface area contributed by atoms with Gasteiger partial charge in [-0.2, -0.15) is 15.0 Å². The zero-order valence-corrected chi connectivity index (χ0v) is 9.51. The Hall–Kier alpha value is -1.08. The van der Waals surface area contributed by atoms with Gasteiger partial charge in [-0.15, -0.1) is 0 Å². The number of nitrogens with two attached hydrogens (primary N) is 1. The van der Waals surface area contributed by atoms with E-state index in [-0.39, 0.29) is 23.6 Å². The number of esters is 1. The highest BCUT2D eigenvalue weighted by atomic mass is 35.5. The van der Waals surface area contributed by atoms with Crippen LogP contribution in [0.1, 0.15) is 6.42 Å². The van der Waals surface area contributed by atoms with Crippen molar-refractivity contribution in [1.29, 1.82) is 0 Å². The van der Waals surface area contributed by atoms with Crippen LogP contribution in [0.15, 0.2) is 5.16 Å². The number of nitrogen functional groups attached to an aromatic ring is 1. The molecule has 82 valence electrons. The summed E-state index contributed by atoms with van der Waals surface area (Å²) in [4.78, 5) is 22.1. The quantitative estimate of drug-likeness (QED) is 0.621. The van der Waals surface area contributed by atoms with E-state index in [2.05, 4.69) is 19.7 Å². The molecule has 0 aliphatic rings. The number of aromatic nitrogens is 3. The Kier molecular flexibility index (Phi) is 4.57. The predicted octanol–water partition coefficient (Wildman–Crippen LogP) is 0.762. The molecular formula is C7H9ClN4O2S. The Balaban J connectivity index is 2.47. The first kappa shape index (κ1) is 12.0. The van der Waals surface area contributed by atoms with Gasteiger partial charge in [0.1, 0.15) is 0 Å². The largest absolute Gasteiger partial charge is 0.469 e. The van der Waals surface area contributed by atoms with E-state index in [1.54, 1.807) is 0 Å². The van der Waals surface area contributed by atoms with E-state index < -0.39 is 0 Å². The first-order valence-corrected chi connectivity index (χ1v) is 5.35. The van der Waals surface area contributed by atoms with Crippen LogP contribution in [0.5, 0.6) is 0 Å². The second-order valence-electron chi connectivity index (χ2n) is 2.42. The predicted molar refractivity (Wildman–Crippen MR) is 56.6 cm³/mol. The van der Waals surface area contributed by atoms with Crippen molar-refractivity contribution < 1.29 is 9.53 Å². The van der Waals surface area contributed by atoms with Gasteiger partial charge >= 0.3 is 5.97 Å². The third-order valence-corrected chi connectivity index (χ3v) is 2.39. The number of halogens is 1. The van der Waals surface area contributed by atoms with E-state index >= 15 is 0 Å². The molecule has 0 bridgehead atoms. The number of ether oxygens (including phenoxy) is 1. The molecule has 0 radical (unpaired) electrons. The lowest BCUT2D eigenvalue weighted by Gasteiger charge is -2.00. The van der Waals surface area contributed by atoms with E-state index in [1.807, 2.05) is 0 Å². The van der Waals surface area contributed by atoms with Gasteiger partial charge in [0.05, 0.1) is 13.5 Å². The SMILES string of the molecule is COC(=O)CCSc1nc(N)nc(Cl)n1. The molecule has 0 aliphatic heterocycles. The summed E-state index contributed by atoms with van der Waals surface area (Å²) in [6.07, 6.45) is 0.282. The van der Waals surface area contributed by atoms with E-state index in [0.29, 0.717) is 10.9 Å². The monoisotopic (exact) mass is 248 g/mol. The minimum atomic E-state index is -0.282. The van der Waals surface area contributed by atoms with Gasteiger partial charge in [0.2, 0.25) is 11.2 Å². The van der Waals surface area contributed by atoms with E-state index in [9.17, 15) is 4.79 Å². The summed E-state index contributed by atoms with van der Waals surface area (Å²) in [6, 6.07) is 0. The zero-order valence-electron chi connectivity index (χ0n) is 7.94. The highest BCUT2D eigenvalue weighted by Gasteiger charge is 2.05. The fourth-order valence-electron chi connectivity index (χ4n) is 0.739. The highest BCUT2D eigenvalue weighted by molar-refractivity contribution is 7.99. The molecule has 0 atom stereocenters. The first-order chi connectivity index (χ1) is 7.11. The highest BCUT2D eigenvalue weighted by Crippen LogP contribution is 2.16. The average molecular weight is 249 g/mol. The van der Waals surface area contributed by atoms with Gasteiger partial charge in [0.25, 0.3) is 0 Å². The van der Waals surface area contributed by atoms with Crippen LogP contribution in [0.2, 0.25) is 5.28 Å². The molecule has 0 aromatic carbocycles. The van der Waals surface area contributed by atoms with Gasteiger partial charge < -0.3 is 10.5 Å². The number of rotatable bonds is 4. The molecule has 0 saturated heterocycles. The van der Waals surface area contributed by atoms with Crippen LogP contribution < -0.4 is 5.73 Å². The van der Waals surface area contributed by atoms with Gasteiger partial charge in [0.15, 0.2) is 5.16 Å². The molecule has 2 N–H and O–H groups in total. The van der Waals surface area contributed by atoms with Crippen LogP contribution in [-0.4, -0.2) is 33.8 Å². The van der Waals surface area contributed by atoms with Crippen molar-refractivity contribution in [2.24, 2.45) is 0 Å². The normalized spacial score (nSPS) is 10.0. The van der Waals surface area contributed by atoms with Crippen molar-refractivity contribution in [3.63, 3.8) is 0 Å². The Morgan fingerprint density at radius 3 is 2.87 bits per heavy atom. The molecule has 1 rings (SSSR count). The Labute approximate surface area is 95.6 Å². The summed E-state index contributed by atoms with van der Waals surface area (Å²) in [5.41, 5.74) is 5.37. The molecule has 1 heterocycles. The van der Waals surface area contributed by atoms with Crippen molar-refractivity contribution in [2.45, 2.75) is 11.6 Å². The fourth-order valence-corrected chi connectivity index (χ4v) is 1.72. The van der Waals surface area contributed by atoms with Crippen molar-refractivity contribution in [3.8, 4) is 0 Å². The number of carbonyl (C=O) groups is 1. The topological polar surface area (TPSA) is 91.0 Å². The lowest BCUT2D eigenvalue weighted by molar-refractivity contribution is -0.140. The average Bonchev–Trinajstić information content (AvgIpc) is 2.16. The van der Waals surface area contributed by atoms with Gasteiger partial charge in [0, 0.05) is 5.75 Å². The van der Waals surface area contributed by atoms with Crippen molar-refractivity contribution in [1.82, 2.24) is 15.0 Å². The van der Waals surface area contributed by atoms with Crippen LogP contribution in [0.3, 0.4) is 0 Å². The number of carbonyl (C=O) groups excluding carboxylic acids is 1. The molecule has 6 nitrogen and oxygen atoms in total. The number of methoxy groups -OCH3 is 1. The molecule has 1 aromatic rings. The van der Waals surface area contributed by atoms with E-state index in [4.69, 9.17) is 17.3 Å². The first-order valence-electron chi connectivity index (χ1n) is 3.98. The van der Waals surface area contributed by atoms with Crippen molar-refractivity contribution >= 4 is 35.3 Å². The molecule has 0 spiro atoms. The molecule has 8 heteroatoms. The smallest absolute Gasteiger partial charge is 0.306 e. The minimum Gasteiger partial charge on any atom is -0.469 e. The molecule has 15 heavy (non-hydrogen) atoms. The zero-order chi connectivity index (χ0) is 11.3. The third-order valence-electron chi connectivity index (χ3n) is 1.37. The summed E-state index contributed by atoms with van der Waals surface area (Å²) in [5.74, 6) is 0.290. The summed E-state index contributed by atoms with van der Waals surface area (Å²) in [5, 5.41) is 0.444. The molecule has 0 unspecified atom stereocenters. The molecule has 0 fully saturated rings. The second kappa shape index (κ2) is 5.72. The maximum absolute atomic E-state index is 10.8. The maximum atomic E-state index is 10.8. The minimum absolute atomic E-state index is 0.0445. The lowest BCUT2D eigenvalue weighted by Crippen LogP contribution is -2.03. The van der Waals surface area contributed by atoms with Crippen LogP contribution in [0.25, 0.3) is 0 Å². The molecule has 0 amide bonds. The van der Waals surface area contributed by atoms with Crippen LogP contribution in [0.4, 0.5) is 5.95 Å².